The molecule has 0 bridgehead atoms. The Bertz CT molecular complexity index is 448. The lowest BCUT2D eigenvalue weighted by Gasteiger charge is -2.37. The van der Waals surface area contributed by atoms with Gasteiger partial charge in [0.15, 0.2) is 5.78 Å². The van der Waals surface area contributed by atoms with Crippen molar-refractivity contribution in [1.82, 2.24) is 4.90 Å². The second-order valence-corrected chi connectivity index (χ2v) is 6.29. The number of nitrogen functional groups attached to an aromatic ring is 1. The van der Waals surface area contributed by atoms with Gasteiger partial charge in [-0.1, -0.05) is 6.92 Å². The fourth-order valence-corrected chi connectivity index (χ4v) is 3.53. The predicted molar refractivity (Wildman–Crippen MR) is 82.3 cm³/mol. The zero-order valence-corrected chi connectivity index (χ0v) is 12.8. The van der Waals surface area contributed by atoms with E-state index in [0.717, 1.165) is 36.1 Å². The smallest absolute Gasteiger partial charge is 0.174 e. The second-order valence-electron chi connectivity index (χ2n) is 5.26. The Morgan fingerprint density at radius 3 is 2.53 bits per heavy atom. The van der Waals surface area contributed by atoms with E-state index in [9.17, 15) is 4.79 Å². The molecule has 0 unspecified atom stereocenters. The van der Waals surface area contributed by atoms with Crippen molar-refractivity contribution in [2.45, 2.75) is 33.2 Å². The van der Waals surface area contributed by atoms with Crippen LogP contribution in [0.15, 0.2) is 6.07 Å². The Kier molecular flexibility index (Phi) is 4.47. The zero-order valence-electron chi connectivity index (χ0n) is 12.0. The summed E-state index contributed by atoms with van der Waals surface area (Å²) in [6.07, 6.45) is 0.519. The van der Waals surface area contributed by atoms with Crippen molar-refractivity contribution in [3.63, 3.8) is 0 Å². The topological polar surface area (TPSA) is 49.6 Å². The SMILES string of the molecule is CCC(=O)c1sc(N2CCN(C(C)C)CC2)cc1N. The van der Waals surface area contributed by atoms with E-state index >= 15 is 0 Å². The monoisotopic (exact) mass is 281 g/mol. The molecule has 2 rings (SSSR count). The highest BCUT2D eigenvalue weighted by Crippen LogP contribution is 2.33. The Balaban J connectivity index is 2.06. The minimum absolute atomic E-state index is 0.148. The molecule has 0 saturated carbocycles. The Labute approximate surface area is 119 Å². The highest BCUT2D eigenvalue weighted by atomic mass is 32.1. The summed E-state index contributed by atoms with van der Waals surface area (Å²) >= 11 is 1.54. The molecule has 1 aromatic heterocycles. The van der Waals surface area contributed by atoms with E-state index in [1.54, 1.807) is 11.3 Å². The van der Waals surface area contributed by atoms with E-state index in [0.29, 0.717) is 18.2 Å². The van der Waals surface area contributed by atoms with Gasteiger partial charge in [-0.15, -0.1) is 11.3 Å². The van der Waals surface area contributed by atoms with E-state index in [1.807, 2.05) is 13.0 Å². The van der Waals surface area contributed by atoms with Crippen LogP contribution >= 0.6 is 11.3 Å². The van der Waals surface area contributed by atoms with Crippen LogP contribution in [0.3, 0.4) is 0 Å². The lowest BCUT2D eigenvalue weighted by molar-refractivity contribution is 0.0993. The summed E-state index contributed by atoms with van der Waals surface area (Å²) in [4.78, 5) is 17.3. The number of hydrogen-bond donors (Lipinski definition) is 1. The molecule has 0 aromatic carbocycles. The summed E-state index contributed by atoms with van der Waals surface area (Å²) in [5, 5.41) is 1.14. The van der Waals surface area contributed by atoms with Crippen LogP contribution < -0.4 is 10.6 Å². The number of thiophene rings is 1. The zero-order chi connectivity index (χ0) is 14.0. The van der Waals surface area contributed by atoms with Gasteiger partial charge >= 0.3 is 0 Å². The third kappa shape index (κ3) is 3.09. The van der Waals surface area contributed by atoms with Gasteiger partial charge in [-0.05, 0) is 19.9 Å². The van der Waals surface area contributed by atoms with Crippen LogP contribution in [-0.4, -0.2) is 42.9 Å². The average Bonchev–Trinajstić information content (AvgIpc) is 2.80. The van der Waals surface area contributed by atoms with Gasteiger partial charge in [0.05, 0.1) is 15.6 Å². The second kappa shape index (κ2) is 5.92. The average molecular weight is 281 g/mol. The quantitative estimate of drug-likeness (QED) is 0.861. The van der Waals surface area contributed by atoms with Gasteiger partial charge in [0.1, 0.15) is 0 Å². The molecule has 0 spiro atoms. The number of nitrogens with zero attached hydrogens (tertiary/aromatic N) is 2. The van der Waals surface area contributed by atoms with Crippen molar-refractivity contribution < 1.29 is 4.79 Å². The predicted octanol–water partition coefficient (Wildman–Crippen LogP) is 2.45. The number of anilines is 2. The lowest BCUT2D eigenvalue weighted by Crippen LogP contribution is -2.48. The molecule has 2 heterocycles. The van der Waals surface area contributed by atoms with E-state index in [2.05, 4.69) is 23.6 Å². The number of nitrogens with two attached hydrogens (primary N) is 1. The van der Waals surface area contributed by atoms with Crippen molar-refractivity contribution in [1.29, 1.82) is 0 Å². The van der Waals surface area contributed by atoms with Crippen LogP contribution in [0.1, 0.15) is 36.9 Å². The summed E-state index contributed by atoms with van der Waals surface area (Å²) < 4.78 is 0. The Morgan fingerprint density at radius 1 is 1.37 bits per heavy atom. The number of carbonyl (C=O) groups excluding carboxylic acids is 1. The normalized spacial score (nSPS) is 17.2. The fraction of sp³-hybridized carbons (Fsp3) is 0.643. The van der Waals surface area contributed by atoms with Gasteiger partial charge < -0.3 is 10.6 Å². The van der Waals surface area contributed by atoms with Gasteiger partial charge in [-0.3, -0.25) is 9.69 Å². The molecule has 0 radical (unpaired) electrons. The van der Waals surface area contributed by atoms with Crippen LogP contribution in [0.25, 0.3) is 0 Å². The summed E-state index contributed by atoms with van der Waals surface area (Å²) in [5.74, 6) is 0.148. The van der Waals surface area contributed by atoms with Gasteiger partial charge in [0, 0.05) is 38.6 Å². The first-order chi connectivity index (χ1) is 9.02. The molecule has 19 heavy (non-hydrogen) atoms. The molecule has 1 saturated heterocycles. The van der Waals surface area contributed by atoms with Gasteiger partial charge in [-0.25, -0.2) is 0 Å². The number of Topliss-reactive ketones (excluding diaryl/α,β-unsaturated/α-hetero) is 1. The highest BCUT2D eigenvalue weighted by molar-refractivity contribution is 7.18. The molecule has 1 aromatic rings. The molecule has 106 valence electrons. The highest BCUT2D eigenvalue weighted by Gasteiger charge is 2.22. The molecule has 1 fully saturated rings. The molecular weight excluding hydrogens is 258 g/mol. The summed E-state index contributed by atoms with van der Waals surface area (Å²) in [6, 6.07) is 2.56. The van der Waals surface area contributed by atoms with Crippen LogP contribution in [0, 0.1) is 0 Å². The molecule has 1 aliphatic rings. The standard InChI is InChI=1S/C14H23N3OS/c1-4-12(18)14-11(15)9-13(19-14)17-7-5-16(6-8-17)10(2)3/h9-10H,4-8,15H2,1-3H3. The molecule has 0 aliphatic carbocycles. The number of rotatable bonds is 4. The first-order valence-corrected chi connectivity index (χ1v) is 7.76. The minimum Gasteiger partial charge on any atom is -0.397 e. The van der Waals surface area contributed by atoms with Crippen LogP contribution in [0.5, 0.6) is 0 Å². The van der Waals surface area contributed by atoms with Crippen molar-refractivity contribution in [2.75, 3.05) is 36.8 Å². The maximum absolute atomic E-state index is 11.8. The van der Waals surface area contributed by atoms with Gasteiger partial charge in [0.2, 0.25) is 0 Å². The molecule has 1 aliphatic heterocycles. The molecule has 4 nitrogen and oxygen atoms in total. The Hall–Kier alpha value is -1.07. The number of piperazine rings is 1. The summed E-state index contributed by atoms with van der Waals surface area (Å²) in [6.45, 7) is 10.5. The van der Waals surface area contributed by atoms with Gasteiger partial charge in [-0.2, -0.15) is 0 Å². The first-order valence-electron chi connectivity index (χ1n) is 6.94. The summed E-state index contributed by atoms with van der Waals surface area (Å²) in [7, 11) is 0. The van der Waals surface area contributed by atoms with Crippen LogP contribution in [0.2, 0.25) is 0 Å². The molecule has 0 amide bonds. The number of carbonyl (C=O) groups is 1. The van der Waals surface area contributed by atoms with Crippen molar-refractivity contribution in [3.05, 3.63) is 10.9 Å². The van der Waals surface area contributed by atoms with Crippen molar-refractivity contribution in [3.8, 4) is 0 Å². The number of ketones is 1. The third-order valence-corrected chi connectivity index (χ3v) is 4.93. The van der Waals surface area contributed by atoms with E-state index < -0.39 is 0 Å². The minimum atomic E-state index is 0.148. The molecule has 2 N–H and O–H groups in total. The third-order valence-electron chi connectivity index (χ3n) is 3.68. The van der Waals surface area contributed by atoms with Gasteiger partial charge in [0.25, 0.3) is 0 Å². The van der Waals surface area contributed by atoms with Crippen LogP contribution in [-0.2, 0) is 0 Å². The van der Waals surface area contributed by atoms with E-state index in [-0.39, 0.29) is 5.78 Å². The molecule has 0 atom stereocenters. The number of hydrogen-bond acceptors (Lipinski definition) is 5. The Morgan fingerprint density at radius 2 is 2.00 bits per heavy atom. The summed E-state index contributed by atoms with van der Waals surface area (Å²) in [5.41, 5.74) is 6.59. The van der Waals surface area contributed by atoms with E-state index in [4.69, 9.17) is 5.73 Å². The lowest BCUT2D eigenvalue weighted by atomic mass is 10.2. The fourth-order valence-electron chi connectivity index (χ4n) is 2.38. The largest absolute Gasteiger partial charge is 0.397 e. The van der Waals surface area contributed by atoms with Crippen LogP contribution in [0.4, 0.5) is 10.7 Å². The van der Waals surface area contributed by atoms with Crippen molar-refractivity contribution >= 4 is 27.8 Å². The molecular formula is C14H23N3OS. The first kappa shape index (κ1) is 14.3. The van der Waals surface area contributed by atoms with Crippen molar-refractivity contribution in [2.24, 2.45) is 0 Å². The maximum Gasteiger partial charge on any atom is 0.174 e. The molecule has 5 heteroatoms. The maximum atomic E-state index is 11.8. The van der Waals surface area contributed by atoms with E-state index in [1.165, 1.54) is 0 Å².